The third-order valence-corrected chi connectivity index (χ3v) is 5.06. The lowest BCUT2D eigenvalue weighted by atomic mass is 10.0. The van der Waals surface area contributed by atoms with Crippen molar-refractivity contribution in [3.63, 3.8) is 0 Å². The zero-order chi connectivity index (χ0) is 19.1. The lowest BCUT2D eigenvalue weighted by molar-refractivity contribution is -0.750. The topological polar surface area (TPSA) is 67.8 Å². The van der Waals surface area contributed by atoms with Gasteiger partial charge in [0.25, 0.3) is 5.84 Å². The average Bonchev–Trinajstić information content (AvgIpc) is 3.00. The first-order valence-corrected chi connectivity index (χ1v) is 8.98. The number of ketones is 1. The van der Waals surface area contributed by atoms with E-state index in [-0.39, 0.29) is 10.4 Å². The minimum absolute atomic E-state index is 0.00794. The molecular formula is C23H17N4O+. The second kappa shape index (κ2) is 6.20. The van der Waals surface area contributed by atoms with E-state index in [0.717, 1.165) is 22.5 Å². The summed E-state index contributed by atoms with van der Waals surface area (Å²) in [6.45, 7) is 0. The number of fused-ring (bicyclic) bond motifs is 1. The van der Waals surface area contributed by atoms with Crippen molar-refractivity contribution in [1.82, 2.24) is 0 Å². The van der Waals surface area contributed by atoms with E-state index < -0.39 is 0 Å². The molecule has 2 aromatic rings. The normalized spacial score (nSPS) is 21.9. The Morgan fingerprint density at radius 3 is 2.36 bits per heavy atom. The Labute approximate surface area is 162 Å². The van der Waals surface area contributed by atoms with Gasteiger partial charge in [0.15, 0.2) is 5.78 Å². The average molecular weight is 365 g/mol. The van der Waals surface area contributed by atoms with Crippen molar-refractivity contribution in [2.75, 3.05) is 0 Å². The van der Waals surface area contributed by atoms with E-state index in [9.17, 15) is 4.79 Å². The van der Waals surface area contributed by atoms with Gasteiger partial charge in [-0.1, -0.05) is 60.7 Å². The van der Waals surface area contributed by atoms with Crippen LogP contribution in [0.25, 0.3) is 0 Å². The van der Waals surface area contributed by atoms with Gasteiger partial charge in [-0.05, 0) is 12.1 Å². The summed E-state index contributed by atoms with van der Waals surface area (Å²) >= 11 is 0. The number of nitrogens with two attached hydrogens (primary N) is 1. The van der Waals surface area contributed by atoms with E-state index in [1.54, 1.807) is 12.4 Å². The van der Waals surface area contributed by atoms with Crippen LogP contribution in [0.4, 0.5) is 0 Å². The molecule has 134 valence electrons. The number of aliphatic imine (C=N–C) groups is 2. The second-order valence-electron chi connectivity index (χ2n) is 6.78. The molecule has 5 heteroatoms. The molecule has 0 amide bonds. The SMILES string of the molecule is N[N+]12C=CN=CC1=C(C1=CC=C1)N=C2c1ccc(C(=O)c2ccccc2)cc1. The van der Waals surface area contributed by atoms with Crippen molar-refractivity contribution < 1.29 is 9.39 Å². The summed E-state index contributed by atoms with van der Waals surface area (Å²) in [6, 6.07) is 16.7. The number of benzene rings is 2. The molecule has 28 heavy (non-hydrogen) atoms. The molecule has 0 radical (unpaired) electrons. The fourth-order valence-corrected chi connectivity index (χ4v) is 3.47. The number of carbonyl (C=O) groups excluding carboxylic acids is 1. The highest BCUT2D eigenvalue weighted by atomic mass is 16.1. The van der Waals surface area contributed by atoms with Crippen LogP contribution < -0.4 is 5.84 Å². The van der Waals surface area contributed by atoms with Crippen LogP contribution in [0.1, 0.15) is 21.5 Å². The lowest BCUT2D eigenvalue weighted by Gasteiger charge is -2.26. The third-order valence-electron chi connectivity index (χ3n) is 5.06. The van der Waals surface area contributed by atoms with Crippen molar-refractivity contribution >= 4 is 17.8 Å². The van der Waals surface area contributed by atoms with Crippen LogP contribution in [0.3, 0.4) is 0 Å². The maximum atomic E-state index is 12.6. The van der Waals surface area contributed by atoms with E-state index in [4.69, 9.17) is 10.8 Å². The van der Waals surface area contributed by atoms with Crippen molar-refractivity contribution in [2.24, 2.45) is 15.8 Å². The van der Waals surface area contributed by atoms with E-state index >= 15 is 0 Å². The number of carbonyl (C=O) groups is 1. The van der Waals surface area contributed by atoms with Crippen molar-refractivity contribution in [1.29, 1.82) is 0 Å². The number of rotatable bonds is 4. The van der Waals surface area contributed by atoms with Crippen molar-refractivity contribution in [2.45, 2.75) is 0 Å². The fraction of sp³-hybridized carbons (Fsp3) is 0. The summed E-state index contributed by atoms with van der Waals surface area (Å²) < 4.78 is -0.0318. The van der Waals surface area contributed by atoms with Gasteiger partial charge in [0.05, 0.1) is 18.0 Å². The van der Waals surface area contributed by atoms with Crippen molar-refractivity contribution in [3.05, 3.63) is 119 Å². The van der Waals surface area contributed by atoms with Gasteiger partial charge in [-0.2, -0.15) is 10.8 Å². The van der Waals surface area contributed by atoms with E-state index in [2.05, 4.69) is 4.99 Å². The fourth-order valence-electron chi connectivity index (χ4n) is 3.47. The molecule has 2 aliphatic heterocycles. The molecule has 1 aliphatic carbocycles. The molecule has 5 rings (SSSR count). The van der Waals surface area contributed by atoms with Gasteiger partial charge >= 0.3 is 0 Å². The first-order chi connectivity index (χ1) is 13.7. The summed E-state index contributed by atoms with van der Waals surface area (Å²) in [4.78, 5) is 21.7. The molecule has 0 spiro atoms. The molecule has 0 aromatic heterocycles. The number of nitrogens with zero attached hydrogens (tertiary/aromatic N) is 3. The van der Waals surface area contributed by atoms with Gasteiger partial charge < -0.3 is 0 Å². The Morgan fingerprint density at radius 1 is 0.964 bits per heavy atom. The smallest absolute Gasteiger partial charge is 0.265 e. The quantitative estimate of drug-likeness (QED) is 0.511. The first-order valence-electron chi connectivity index (χ1n) is 8.98. The maximum absolute atomic E-state index is 12.6. The summed E-state index contributed by atoms with van der Waals surface area (Å²) in [5, 5.41) is 0. The highest BCUT2D eigenvalue weighted by Crippen LogP contribution is 2.36. The monoisotopic (exact) mass is 365 g/mol. The van der Waals surface area contributed by atoms with Crippen LogP contribution in [-0.4, -0.2) is 22.4 Å². The molecule has 0 saturated carbocycles. The molecule has 5 nitrogen and oxygen atoms in total. The zero-order valence-corrected chi connectivity index (χ0v) is 15.0. The number of hydrogen-bond acceptors (Lipinski definition) is 4. The van der Waals surface area contributed by atoms with Crippen molar-refractivity contribution in [3.8, 4) is 0 Å². The highest BCUT2D eigenvalue weighted by Gasteiger charge is 2.44. The predicted molar refractivity (Wildman–Crippen MR) is 109 cm³/mol. The molecule has 0 saturated heterocycles. The molecule has 2 aromatic carbocycles. The summed E-state index contributed by atoms with van der Waals surface area (Å²) in [5.41, 5.74) is 4.86. The summed E-state index contributed by atoms with van der Waals surface area (Å²) in [6.07, 6.45) is 11.2. The Balaban J connectivity index is 1.51. The van der Waals surface area contributed by atoms with Gasteiger partial charge in [0.2, 0.25) is 5.70 Å². The Morgan fingerprint density at radius 2 is 1.68 bits per heavy atom. The van der Waals surface area contributed by atoms with Crippen LogP contribution >= 0.6 is 0 Å². The Hall–Kier alpha value is -3.67. The highest BCUT2D eigenvalue weighted by molar-refractivity contribution is 6.09. The largest absolute Gasteiger partial charge is 0.289 e. The third kappa shape index (κ3) is 2.45. The van der Waals surface area contributed by atoms with Gasteiger partial charge in [-0.3, -0.25) is 9.79 Å². The number of hydrogen-bond donors (Lipinski definition) is 1. The Bertz CT molecular complexity index is 1160. The van der Waals surface area contributed by atoms with Crippen LogP contribution in [-0.2, 0) is 0 Å². The van der Waals surface area contributed by atoms with Crippen LogP contribution in [0, 0.1) is 0 Å². The van der Waals surface area contributed by atoms with E-state index in [1.807, 2.05) is 79.0 Å². The maximum Gasteiger partial charge on any atom is 0.265 e. The van der Waals surface area contributed by atoms with E-state index in [0.29, 0.717) is 17.0 Å². The number of allylic oxidation sites excluding steroid dienone is 4. The molecule has 0 fully saturated rings. The predicted octanol–water partition coefficient (Wildman–Crippen LogP) is 3.63. The van der Waals surface area contributed by atoms with Gasteiger partial charge in [0.1, 0.15) is 11.9 Å². The summed E-state index contributed by atoms with van der Waals surface area (Å²) in [5.74, 6) is 7.38. The minimum Gasteiger partial charge on any atom is -0.289 e. The number of quaternary nitrogens is 1. The number of amidine groups is 1. The van der Waals surface area contributed by atoms with Gasteiger partial charge in [-0.15, -0.1) is 4.59 Å². The second-order valence-corrected chi connectivity index (χ2v) is 6.78. The van der Waals surface area contributed by atoms with Crippen LogP contribution in [0.2, 0.25) is 0 Å². The molecular weight excluding hydrogens is 348 g/mol. The molecule has 1 unspecified atom stereocenters. The minimum atomic E-state index is -0.0318. The molecule has 3 aliphatic rings. The molecule has 1 atom stereocenters. The van der Waals surface area contributed by atoms with Crippen LogP contribution in [0.15, 0.2) is 112 Å². The first kappa shape index (κ1) is 16.5. The molecule has 0 bridgehead atoms. The summed E-state index contributed by atoms with van der Waals surface area (Å²) in [7, 11) is 0. The molecule has 2 heterocycles. The molecule has 2 N–H and O–H groups in total. The lowest BCUT2D eigenvalue weighted by Crippen LogP contribution is -2.53. The zero-order valence-electron chi connectivity index (χ0n) is 15.0. The Kier molecular flexibility index (Phi) is 3.65. The van der Waals surface area contributed by atoms with Crippen LogP contribution in [0.5, 0.6) is 0 Å². The standard InChI is InChI=1S/C23H17N4O/c24-27-14-13-25-15-20(27)21(16-7-4-8-16)26-23(27)19-11-9-18(10-12-19)22(28)17-5-2-1-3-6-17/h1-15H,24H2/q+1. The van der Waals surface area contributed by atoms with Gasteiger partial charge in [0, 0.05) is 16.7 Å². The van der Waals surface area contributed by atoms with Gasteiger partial charge in [-0.25, -0.2) is 0 Å². The van der Waals surface area contributed by atoms with E-state index in [1.165, 1.54) is 0 Å².